The highest BCUT2D eigenvalue weighted by molar-refractivity contribution is 5.95. The monoisotopic (exact) mass is 279 g/mol. The van der Waals surface area contributed by atoms with E-state index in [-0.39, 0.29) is 17.5 Å². The van der Waals surface area contributed by atoms with Crippen LogP contribution in [-0.4, -0.2) is 35.4 Å². The molecule has 110 valence electrons. The van der Waals surface area contributed by atoms with Gasteiger partial charge in [0.2, 0.25) is 0 Å². The number of aromatic amines is 1. The molecule has 6 heteroatoms. The van der Waals surface area contributed by atoms with Gasteiger partial charge in [0, 0.05) is 6.61 Å². The molecule has 1 aliphatic rings. The molecule has 1 aliphatic heterocycles. The van der Waals surface area contributed by atoms with Gasteiger partial charge >= 0.3 is 0 Å². The zero-order valence-corrected chi connectivity index (χ0v) is 12.0. The third-order valence-corrected chi connectivity index (χ3v) is 3.58. The summed E-state index contributed by atoms with van der Waals surface area (Å²) in [6.07, 6.45) is 3.12. The fourth-order valence-corrected chi connectivity index (χ4v) is 2.55. The molecule has 2 rings (SSSR count). The maximum absolute atomic E-state index is 12.4. The zero-order chi connectivity index (χ0) is 14.5. The summed E-state index contributed by atoms with van der Waals surface area (Å²) in [4.78, 5) is 24.3. The molecule has 1 amide bonds. The molecule has 0 radical (unpaired) electrons. The molecule has 2 heterocycles. The topological polar surface area (TPSA) is 84.1 Å². The van der Waals surface area contributed by atoms with Gasteiger partial charge in [-0.25, -0.2) is 5.10 Å². The molecule has 6 nitrogen and oxygen atoms in total. The number of hydrogen-bond acceptors (Lipinski definition) is 4. The molecule has 0 bridgehead atoms. The smallest absolute Gasteiger partial charge is 0.277 e. The van der Waals surface area contributed by atoms with E-state index in [9.17, 15) is 9.59 Å². The number of nitrogens with one attached hydrogen (secondary N) is 2. The summed E-state index contributed by atoms with van der Waals surface area (Å²) in [6.45, 7) is 5.13. The highest BCUT2D eigenvalue weighted by atomic mass is 16.5. The number of rotatable bonds is 4. The molecule has 1 aromatic heterocycles. The number of H-pyrrole nitrogens is 1. The van der Waals surface area contributed by atoms with Gasteiger partial charge in [-0.05, 0) is 31.2 Å². The molecular weight excluding hydrogens is 258 g/mol. The van der Waals surface area contributed by atoms with Crippen molar-refractivity contribution in [1.82, 2.24) is 15.5 Å². The van der Waals surface area contributed by atoms with Gasteiger partial charge in [-0.3, -0.25) is 9.59 Å². The molecule has 0 aliphatic carbocycles. The second kappa shape index (κ2) is 6.65. The Morgan fingerprint density at radius 3 is 2.85 bits per heavy atom. The lowest BCUT2D eigenvalue weighted by molar-refractivity contribution is 0.0623. The predicted molar refractivity (Wildman–Crippen MR) is 74.9 cm³/mol. The van der Waals surface area contributed by atoms with E-state index in [0.29, 0.717) is 19.4 Å². The fraction of sp³-hybridized carbons (Fsp3) is 0.643. The van der Waals surface area contributed by atoms with Crippen molar-refractivity contribution >= 4 is 5.91 Å². The van der Waals surface area contributed by atoms with Crippen LogP contribution < -0.4 is 10.9 Å². The summed E-state index contributed by atoms with van der Waals surface area (Å²) in [5.74, 6) is -0.323. The number of nitrogens with zero attached hydrogens (tertiary/aromatic N) is 1. The van der Waals surface area contributed by atoms with E-state index < -0.39 is 5.56 Å². The van der Waals surface area contributed by atoms with Crippen LogP contribution in [0.5, 0.6) is 0 Å². The van der Waals surface area contributed by atoms with Gasteiger partial charge in [0.25, 0.3) is 11.5 Å². The van der Waals surface area contributed by atoms with Crippen LogP contribution >= 0.6 is 0 Å². The van der Waals surface area contributed by atoms with Crippen molar-refractivity contribution in [2.24, 2.45) is 0 Å². The largest absolute Gasteiger partial charge is 0.379 e. The van der Waals surface area contributed by atoms with Gasteiger partial charge in [0.1, 0.15) is 5.56 Å². The van der Waals surface area contributed by atoms with Gasteiger partial charge in [0.15, 0.2) is 0 Å². The van der Waals surface area contributed by atoms with Gasteiger partial charge in [-0.2, -0.15) is 5.10 Å². The van der Waals surface area contributed by atoms with Crippen LogP contribution in [-0.2, 0) is 17.6 Å². The van der Waals surface area contributed by atoms with E-state index in [1.165, 1.54) is 0 Å². The van der Waals surface area contributed by atoms with Crippen molar-refractivity contribution in [2.45, 2.75) is 45.6 Å². The summed E-state index contributed by atoms with van der Waals surface area (Å²) >= 11 is 0. The third kappa shape index (κ3) is 3.07. The maximum atomic E-state index is 12.4. The Balaban J connectivity index is 2.26. The maximum Gasteiger partial charge on any atom is 0.277 e. The summed E-state index contributed by atoms with van der Waals surface area (Å²) in [5, 5.41) is 9.32. The van der Waals surface area contributed by atoms with E-state index in [4.69, 9.17) is 4.74 Å². The minimum atomic E-state index is -0.423. The Morgan fingerprint density at radius 1 is 1.45 bits per heavy atom. The van der Waals surface area contributed by atoms with Crippen molar-refractivity contribution in [1.29, 1.82) is 0 Å². The summed E-state index contributed by atoms with van der Waals surface area (Å²) in [5.41, 5.74) is 1.29. The molecule has 1 fully saturated rings. The van der Waals surface area contributed by atoms with Crippen LogP contribution in [0.1, 0.15) is 48.3 Å². The fourth-order valence-electron chi connectivity index (χ4n) is 2.55. The molecular formula is C14H21N3O3. The molecule has 1 unspecified atom stereocenters. The normalized spacial score (nSPS) is 18.8. The number of ether oxygens (including phenoxy) is 1. The minimum Gasteiger partial charge on any atom is -0.379 e. The van der Waals surface area contributed by atoms with E-state index in [0.717, 1.165) is 30.7 Å². The number of carbonyl (C=O) groups excluding carboxylic acids is 1. The number of carbonyl (C=O) groups is 1. The molecule has 1 atom stereocenters. The average Bonchev–Trinajstić information content (AvgIpc) is 2.47. The van der Waals surface area contributed by atoms with Crippen molar-refractivity contribution in [3.63, 3.8) is 0 Å². The lowest BCUT2D eigenvalue weighted by Gasteiger charge is -2.23. The van der Waals surface area contributed by atoms with Gasteiger partial charge in [-0.1, -0.05) is 13.8 Å². The average molecular weight is 279 g/mol. The van der Waals surface area contributed by atoms with Gasteiger partial charge in [-0.15, -0.1) is 0 Å². The van der Waals surface area contributed by atoms with Crippen LogP contribution in [0.25, 0.3) is 0 Å². The lowest BCUT2D eigenvalue weighted by atomic mass is 10.0. The first-order valence-corrected chi connectivity index (χ1v) is 7.16. The molecule has 2 N–H and O–H groups in total. The predicted octanol–water partition coefficient (Wildman–Crippen LogP) is 0.803. The Kier molecular flexibility index (Phi) is 4.89. The van der Waals surface area contributed by atoms with Crippen LogP contribution in [0.15, 0.2) is 4.79 Å². The minimum absolute atomic E-state index is 0.0152. The first kappa shape index (κ1) is 14.7. The highest BCUT2D eigenvalue weighted by Gasteiger charge is 2.22. The summed E-state index contributed by atoms with van der Waals surface area (Å²) < 4.78 is 5.34. The standard InChI is InChI=1S/C14H21N3O3/c1-3-10-11(4-2)16-17-14(19)12(10)13(18)15-9-6-5-7-20-8-9/h9H,3-8H2,1-2H3,(H,15,18)(H,17,19). The lowest BCUT2D eigenvalue weighted by Crippen LogP contribution is -2.43. The van der Waals surface area contributed by atoms with E-state index in [2.05, 4.69) is 15.5 Å². The number of hydrogen-bond donors (Lipinski definition) is 2. The van der Waals surface area contributed by atoms with E-state index in [1.54, 1.807) is 0 Å². The molecule has 1 saturated heterocycles. The first-order valence-electron chi connectivity index (χ1n) is 7.16. The zero-order valence-electron chi connectivity index (χ0n) is 12.0. The Hall–Kier alpha value is -1.69. The van der Waals surface area contributed by atoms with Crippen molar-refractivity contribution in [2.75, 3.05) is 13.2 Å². The molecule has 0 aromatic carbocycles. The number of aromatic nitrogens is 2. The Bertz CT molecular complexity index is 533. The molecule has 0 saturated carbocycles. The first-order chi connectivity index (χ1) is 9.67. The van der Waals surface area contributed by atoms with Crippen LogP contribution in [0.4, 0.5) is 0 Å². The molecule has 0 spiro atoms. The number of aryl methyl sites for hydroxylation is 1. The van der Waals surface area contributed by atoms with Crippen molar-refractivity contribution in [3.05, 3.63) is 27.2 Å². The van der Waals surface area contributed by atoms with E-state index >= 15 is 0 Å². The molecule has 1 aromatic rings. The van der Waals surface area contributed by atoms with Crippen molar-refractivity contribution < 1.29 is 9.53 Å². The van der Waals surface area contributed by atoms with Crippen LogP contribution in [0.2, 0.25) is 0 Å². The summed E-state index contributed by atoms with van der Waals surface area (Å²) in [7, 11) is 0. The van der Waals surface area contributed by atoms with Gasteiger partial charge in [0.05, 0.1) is 18.3 Å². The second-order valence-electron chi connectivity index (χ2n) is 4.95. The van der Waals surface area contributed by atoms with Gasteiger partial charge < -0.3 is 10.1 Å². The third-order valence-electron chi connectivity index (χ3n) is 3.58. The summed E-state index contributed by atoms with van der Waals surface area (Å²) in [6, 6.07) is -0.0152. The Morgan fingerprint density at radius 2 is 2.25 bits per heavy atom. The van der Waals surface area contributed by atoms with E-state index in [1.807, 2.05) is 13.8 Å². The highest BCUT2D eigenvalue weighted by Crippen LogP contribution is 2.12. The Labute approximate surface area is 117 Å². The molecule has 20 heavy (non-hydrogen) atoms. The number of amides is 1. The SMILES string of the molecule is CCc1n[nH]c(=O)c(C(=O)NC2CCCOC2)c1CC. The van der Waals surface area contributed by atoms with Crippen LogP contribution in [0, 0.1) is 0 Å². The van der Waals surface area contributed by atoms with Crippen LogP contribution in [0.3, 0.4) is 0 Å². The second-order valence-corrected chi connectivity index (χ2v) is 4.95. The quantitative estimate of drug-likeness (QED) is 0.854. The van der Waals surface area contributed by atoms with Crippen molar-refractivity contribution in [3.8, 4) is 0 Å².